The van der Waals surface area contributed by atoms with Crippen molar-refractivity contribution in [2.24, 2.45) is 10.9 Å². The van der Waals surface area contributed by atoms with Gasteiger partial charge in [0.05, 0.1) is 13.2 Å². The molecule has 3 saturated heterocycles. The van der Waals surface area contributed by atoms with E-state index in [1.54, 1.807) is 7.05 Å². The van der Waals surface area contributed by atoms with Crippen molar-refractivity contribution in [1.29, 1.82) is 0 Å². The zero-order chi connectivity index (χ0) is 18.6. The Balaban J connectivity index is 0.00000261. The summed E-state index contributed by atoms with van der Waals surface area (Å²) in [6.45, 7) is 8.88. The first-order valence-corrected chi connectivity index (χ1v) is 9.42. The summed E-state index contributed by atoms with van der Waals surface area (Å²) in [6, 6.07) is -0.388. The van der Waals surface area contributed by atoms with E-state index in [2.05, 4.69) is 30.7 Å². The monoisotopic (exact) mass is 494 g/mol. The fourth-order valence-corrected chi connectivity index (χ4v) is 4.00. The Morgan fingerprint density at radius 3 is 2.48 bits per heavy atom. The van der Waals surface area contributed by atoms with Gasteiger partial charge in [-0.05, 0) is 25.7 Å². The van der Waals surface area contributed by atoms with Crippen molar-refractivity contribution in [1.82, 2.24) is 25.8 Å². The molecule has 10 heteroatoms. The zero-order valence-corrected chi connectivity index (χ0v) is 18.5. The molecule has 3 fully saturated rings. The second-order valence-corrected chi connectivity index (χ2v) is 7.30. The number of urea groups is 1. The van der Waals surface area contributed by atoms with Crippen LogP contribution in [0.25, 0.3) is 0 Å². The van der Waals surface area contributed by atoms with Crippen LogP contribution in [0.15, 0.2) is 4.99 Å². The summed E-state index contributed by atoms with van der Waals surface area (Å²) in [5.74, 6) is 0.826. The van der Waals surface area contributed by atoms with E-state index in [9.17, 15) is 9.59 Å². The van der Waals surface area contributed by atoms with E-state index < -0.39 is 5.54 Å². The molecule has 3 rings (SSSR count). The number of nitrogens with one attached hydrogen (secondary N) is 3. The largest absolute Gasteiger partial charge is 0.379 e. The lowest BCUT2D eigenvalue weighted by Gasteiger charge is -2.39. The van der Waals surface area contributed by atoms with Gasteiger partial charge in [0.15, 0.2) is 5.96 Å². The molecule has 1 atom stereocenters. The molecule has 3 heterocycles. The highest BCUT2D eigenvalue weighted by molar-refractivity contribution is 14.0. The van der Waals surface area contributed by atoms with Gasteiger partial charge in [0, 0.05) is 46.3 Å². The summed E-state index contributed by atoms with van der Waals surface area (Å²) >= 11 is 0. The minimum absolute atomic E-state index is 0. The maximum atomic E-state index is 12.1. The predicted molar refractivity (Wildman–Crippen MR) is 113 cm³/mol. The van der Waals surface area contributed by atoms with Crippen LogP contribution in [0.4, 0.5) is 4.79 Å². The number of hydrogen-bond acceptors (Lipinski definition) is 5. The molecule has 3 aliphatic rings. The lowest BCUT2D eigenvalue weighted by Crippen LogP contribution is -2.55. The zero-order valence-electron chi connectivity index (χ0n) is 16.1. The number of carbonyl (C=O) groups is 2. The smallest absolute Gasteiger partial charge is 0.322 e. The molecule has 0 bridgehead atoms. The third-order valence-electron chi connectivity index (χ3n) is 5.71. The molecule has 0 radical (unpaired) electrons. The molecule has 0 aliphatic carbocycles. The number of halogens is 1. The standard InChI is InChI=1S/C17H30N6O3.HI/c1-17(14(24)20-16(25)21-17)13-3-6-23(7-4-13)15(18-2)19-5-8-22-9-11-26-12-10-22;/h13H,3-12H2,1-2H3,(H,18,19)(H2,20,21,24,25);1H. The molecule has 0 aromatic carbocycles. The highest BCUT2D eigenvalue weighted by Gasteiger charge is 2.48. The normalized spacial score (nSPS) is 27.8. The Morgan fingerprint density at radius 2 is 1.93 bits per heavy atom. The van der Waals surface area contributed by atoms with Crippen molar-refractivity contribution in [3.63, 3.8) is 0 Å². The van der Waals surface area contributed by atoms with Crippen LogP contribution < -0.4 is 16.0 Å². The number of imide groups is 1. The molecule has 0 saturated carbocycles. The van der Waals surface area contributed by atoms with E-state index in [1.807, 2.05) is 6.92 Å². The molecule has 1 unspecified atom stereocenters. The van der Waals surface area contributed by atoms with E-state index in [4.69, 9.17) is 4.74 Å². The van der Waals surface area contributed by atoms with Gasteiger partial charge in [0.1, 0.15) is 5.54 Å². The van der Waals surface area contributed by atoms with E-state index in [-0.39, 0.29) is 41.8 Å². The molecule has 0 aromatic rings. The number of ether oxygens (including phenoxy) is 1. The van der Waals surface area contributed by atoms with Gasteiger partial charge in [-0.3, -0.25) is 20.0 Å². The lowest BCUT2D eigenvalue weighted by molar-refractivity contribution is -0.125. The van der Waals surface area contributed by atoms with Crippen LogP contribution in [-0.4, -0.2) is 92.8 Å². The topological polar surface area (TPSA) is 98.3 Å². The Hall–Kier alpha value is -1.14. The van der Waals surface area contributed by atoms with Gasteiger partial charge < -0.3 is 20.3 Å². The summed E-state index contributed by atoms with van der Waals surface area (Å²) < 4.78 is 5.37. The number of aliphatic imine (C=N–C) groups is 1. The van der Waals surface area contributed by atoms with Gasteiger partial charge in [0.25, 0.3) is 5.91 Å². The molecule has 0 spiro atoms. The number of amides is 3. The Kier molecular flexibility index (Phi) is 8.10. The Bertz CT molecular complexity index is 561. The number of likely N-dealkylation sites (tertiary alicyclic amines) is 1. The first kappa shape index (κ1) is 22.2. The second kappa shape index (κ2) is 9.87. The predicted octanol–water partition coefficient (Wildman–Crippen LogP) is -0.178. The molecule has 3 N–H and O–H groups in total. The molecular formula is C17H31IN6O3. The molecule has 3 amide bonds. The minimum Gasteiger partial charge on any atom is -0.379 e. The van der Waals surface area contributed by atoms with E-state index in [1.165, 1.54) is 0 Å². The molecule has 0 aromatic heterocycles. The van der Waals surface area contributed by atoms with Gasteiger partial charge in [0.2, 0.25) is 0 Å². The third-order valence-corrected chi connectivity index (χ3v) is 5.71. The average molecular weight is 494 g/mol. The minimum atomic E-state index is -0.795. The number of rotatable bonds is 4. The van der Waals surface area contributed by atoms with Crippen molar-refractivity contribution in [3.8, 4) is 0 Å². The van der Waals surface area contributed by atoms with Crippen LogP contribution in [0.2, 0.25) is 0 Å². The van der Waals surface area contributed by atoms with Crippen molar-refractivity contribution in [3.05, 3.63) is 0 Å². The molecule has 154 valence electrons. The summed E-state index contributed by atoms with van der Waals surface area (Å²) in [5, 5.41) is 8.60. The van der Waals surface area contributed by atoms with Gasteiger partial charge in [-0.15, -0.1) is 24.0 Å². The second-order valence-electron chi connectivity index (χ2n) is 7.30. The van der Waals surface area contributed by atoms with Crippen molar-refractivity contribution >= 4 is 41.9 Å². The molecular weight excluding hydrogens is 463 g/mol. The van der Waals surface area contributed by atoms with Crippen molar-refractivity contribution in [2.75, 3.05) is 59.5 Å². The maximum Gasteiger partial charge on any atom is 0.322 e. The van der Waals surface area contributed by atoms with Gasteiger partial charge in [-0.2, -0.15) is 0 Å². The fourth-order valence-electron chi connectivity index (χ4n) is 4.00. The summed E-state index contributed by atoms with van der Waals surface area (Å²) in [7, 11) is 1.80. The molecule has 27 heavy (non-hydrogen) atoms. The summed E-state index contributed by atoms with van der Waals surface area (Å²) in [6.07, 6.45) is 1.68. The number of hydrogen-bond donors (Lipinski definition) is 3. The molecule has 3 aliphatic heterocycles. The van der Waals surface area contributed by atoms with Crippen LogP contribution in [0.1, 0.15) is 19.8 Å². The highest BCUT2D eigenvalue weighted by Crippen LogP contribution is 2.30. The summed E-state index contributed by atoms with van der Waals surface area (Å²) in [4.78, 5) is 32.6. The maximum absolute atomic E-state index is 12.1. The number of guanidine groups is 1. The third kappa shape index (κ3) is 5.23. The van der Waals surface area contributed by atoms with Crippen LogP contribution in [-0.2, 0) is 9.53 Å². The number of carbonyl (C=O) groups excluding carboxylic acids is 2. The van der Waals surface area contributed by atoms with Crippen LogP contribution in [0.3, 0.4) is 0 Å². The summed E-state index contributed by atoms with van der Waals surface area (Å²) in [5.41, 5.74) is -0.795. The van der Waals surface area contributed by atoms with E-state index in [0.717, 1.165) is 71.3 Å². The van der Waals surface area contributed by atoms with Crippen LogP contribution >= 0.6 is 24.0 Å². The number of morpholine rings is 1. The van der Waals surface area contributed by atoms with Crippen LogP contribution in [0, 0.1) is 5.92 Å². The van der Waals surface area contributed by atoms with Gasteiger partial charge in [-0.25, -0.2) is 4.79 Å². The van der Waals surface area contributed by atoms with E-state index >= 15 is 0 Å². The lowest BCUT2D eigenvalue weighted by atomic mass is 9.79. The molecule has 9 nitrogen and oxygen atoms in total. The van der Waals surface area contributed by atoms with Crippen molar-refractivity contribution in [2.45, 2.75) is 25.3 Å². The average Bonchev–Trinajstić information content (AvgIpc) is 2.92. The fraction of sp³-hybridized carbons (Fsp3) is 0.824. The number of nitrogens with zero attached hydrogens (tertiary/aromatic N) is 3. The van der Waals surface area contributed by atoms with Crippen molar-refractivity contribution < 1.29 is 14.3 Å². The highest BCUT2D eigenvalue weighted by atomic mass is 127. The Morgan fingerprint density at radius 1 is 1.26 bits per heavy atom. The van der Waals surface area contributed by atoms with Gasteiger partial charge in [-0.1, -0.05) is 0 Å². The first-order chi connectivity index (χ1) is 12.5. The van der Waals surface area contributed by atoms with E-state index in [0.29, 0.717) is 0 Å². The first-order valence-electron chi connectivity index (χ1n) is 9.42. The SMILES string of the molecule is CN=C(NCCN1CCOCC1)N1CCC(C2(C)NC(=O)NC2=O)CC1.I. The van der Waals surface area contributed by atoms with Gasteiger partial charge >= 0.3 is 6.03 Å². The Labute approximate surface area is 177 Å². The number of piperidine rings is 1. The quantitative estimate of drug-likeness (QED) is 0.217. The van der Waals surface area contributed by atoms with Crippen LogP contribution in [0.5, 0.6) is 0 Å².